The molecular formula is C60H114Ni. The summed E-state index contributed by atoms with van der Waals surface area (Å²) < 4.78 is 0. The molecule has 0 aliphatic carbocycles. The molecule has 0 nitrogen and oxygen atoms in total. The number of rotatable bonds is 52. The Kier molecular flexibility index (Phi) is 70.4. The van der Waals surface area contributed by atoms with Crippen LogP contribution in [0.1, 0.15) is 361 Å². The molecule has 0 aliphatic heterocycles. The maximum absolute atomic E-state index is 6.89. The maximum atomic E-state index is 6.89. The van der Waals surface area contributed by atoms with E-state index in [2.05, 4.69) is 25.7 Å². The molecule has 0 unspecified atom stereocenters. The molecule has 0 bridgehead atoms. The zero-order valence-corrected chi connectivity index (χ0v) is 43.5. The van der Waals surface area contributed by atoms with E-state index in [9.17, 15) is 0 Å². The van der Waals surface area contributed by atoms with Crippen LogP contribution in [0.4, 0.5) is 0 Å². The third kappa shape index (κ3) is 68.8. The van der Waals surface area contributed by atoms with Crippen LogP contribution in [0.15, 0.2) is 0 Å². The Morgan fingerprint density at radius 1 is 0.180 bits per heavy atom. The van der Waals surface area contributed by atoms with E-state index in [1.807, 2.05) is 0 Å². The summed E-state index contributed by atoms with van der Waals surface area (Å²) in [6.45, 7) is 4.60. The number of hydrogen-bond acceptors (Lipinski definition) is 0. The van der Waals surface area contributed by atoms with Gasteiger partial charge in [-0.2, -0.15) is 0 Å². The molecule has 0 saturated carbocycles. The molecule has 0 radical (unpaired) electrons. The van der Waals surface area contributed by atoms with Gasteiger partial charge >= 0.3 is 16.5 Å². The van der Waals surface area contributed by atoms with Gasteiger partial charge in [-0.1, -0.05) is 335 Å². The Labute approximate surface area is 399 Å². The quantitative estimate of drug-likeness (QED) is 0.0247. The van der Waals surface area contributed by atoms with Crippen molar-refractivity contribution < 1.29 is 16.5 Å². The first-order valence-electron chi connectivity index (χ1n) is 28.6. The minimum absolute atomic E-state index is 0. The van der Waals surface area contributed by atoms with Crippen molar-refractivity contribution >= 4 is 0 Å². The molecule has 0 aromatic rings. The molecule has 0 atom stereocenters. The second-order valence-corrected chi connectivity index (χ2v) is 19.5. The Bertz CT molecular complexity index is 720. The molecular weight excluding hydrogens is 779 g/mol. The normalized spacial score (nSPS) is 10.9. The van der Waals surface area contributed by atoms with E-state index in [-0.39, 0.29) is 16.5 Å². The average molecular weight is 894 g/mol. The molecule has 0 rings (SSSR count). The van der Waals surface area contributed by atoms with E-state index in [1.165, 1.54) is 334 Å². The number of unbranched alkanes of at least 4 members (excludes halogenated alkanes) is 52. The van der Waals surface area contributed by atoms with Gasteiger partial charge in [0.15, 0.2) is 0 Å². The van der Waals surface area contributed by atoms with Gasteiger partial charge in [-0.3, -0.25) is 0 Å². The molecule has 0 fully saturated rings. The van der Waals surface area contributed by atoms with Crippen LogP contribution in [0.25, 0.3) is 0 Å². The van der Waals surface area contributed by atoms with Crippen LogP contribution >= 0.6 is 0 Å². The monoisotopic (exact) mass is 893 g/mol. The minimum atomic E-state index is 0. The summed E-state index contributed by atoms with van der Waals surface area (Å²) in [6.07, 6.45) is 90.4. The number of hydrogen-bond donors (Lipinski definition) is 0. The first kappa shape index (κ1) is 64.9. The summed E-state index contributed by atoms with van der Waals surface area (Å²) in [7, 11) is 0. The largest absolute Gasteiger partial charge is 2.00 e. The molecule has 0 aliphatic rings. The van der Waals surface area contributed by atoms with Crippen molar-refractivity contribution in [3.8, 4) is 11.8 Å². The second kappa shape index (κ2) is 66.2. The van der Waals surface area contributed by atoms with Crippen LogP contribution in [0.5, 0.6) is 0 Å². The molecule has 0 spiro atoms. The van der Waals surface area contributed by atoms with Crippen LogP contribution in [-0.2, 0) is 16.5 Å². The third-order valence-corrected chi connectivity index (χ3v) is 13.3. The van der Waals surface area contributed by atoms with Crippen molar-refractivity contribution in [1.29, 1.82) is 0 Å². The van der Waals surface area contributed by atoms with Crippen LogP contribution in [0.3, 0.4) is 0 Å². The predicted molar refractivity (Wildman–Crippen MR) is 275 cm³/mol. The van der Waals surface area contributed by atoms with Crippen LogP contribution in [0, 0.1) is 24.7 Å². The molecule has 0 aromatic heterocycles. The van der Waals surface area contributed by atoms with Crippen molar-refractivity contribution in [2.75, 3.05) is 0 Å². The SMILES string of the molecule is [C-]#CCCCCCCCCCCCCCCCCCCCCCCCCCCCC.[C-]#CCCCCCCCCCCCCCCCCCCCCCCCCCCCC.[Ni+2]. The maximum Gasteiger partial charge on any atom is 2.00 e. The van der Waals surface area contributed by atoms with Crippen molar-refractivity contribution in [1.82, 2.24) is 0 Å². The molecule has 0 saturated heterocycles. The zero-order chi connectivity index (χ0) is 43.6. The average Bonchev–Trinajstić information content (AvgIpc) is 3.26. The van der Waals surface area contributed by atoms with E-state index >= 15 is 0 Å². The van der Waals surface area contributed by atoms with Gasteiger partial charge in [0.2, 0.25) is 0 Å². The summed E-state index contributed by atoms with van der Waals surface area (Å²) >= 11 is 0. The van der Waals surface area contributed by atoms with Crippen molar-refractivity contribution in [3.05, 3.63) is 12.8 Å². The van der Waals surface area contributed by atoms with Gasteiger partial charge in [-0.15, -0.1) is 0 Å². The summed E-state index contributed by atoms with van der Waals surface area (Å²) in [4.78, 5) is 0. The third-order valence-electron chi connectivity index (χ3n) is 13.3. The van der Waals surface area contributed by atoms with E-state index in [1.54, 1.807) is 0 Å². The van der Waals surface area contributed by atoms with Crippen LogP contribution in [0.2, 0.25) is 0 Å². The van der Waals surface area contributed by atoms with E-state index in [0.29, 0.717) is 0 Å². The molecule has 0 aromatic carbocycles. The van der Waals surface area contributed by atoms with Crippen molar-refractivity contribution in [3.63, 3.8) is 0 Å². The van der Waals surface area contributed by atoms with Crippen molar-refractivity contribution in [2.45, 2.75) is 361 Å². The Morgan fingerprint density at radius 3 is 0.377 bits per heavy atom. The summed E-state index contributed by atoms with van der Waals surface area (Å²) in [5, 5.41) is 0. The Morgan fingerprint density at radius 2 is 0.279 bits per heavy atom. The Hall–Kier alpha value is -0.386. The molecule has 0 amide bonds. The van der Waals surface area contributed by atoms with Gasteiger partial charge in [0, 0.05) is 0 Å². The second-order valence-electron chi connectivity index (χ2n) is 19.5. The van der Waals surface area contributed by atoms with E-state index < -0.39 is 0 Å². The standard InChI is InChI=1S/2C30H57.Ni/c2*1-3-5-7-9-11-13-15-17-19-21-23-25-27-29-30-28-26-24-22-20-18-16-14-12-10-8-6-4-2;/h2*3,5-30H2,1H3;/q2*-1;+2. The molecule has 0 N–H and O–H groups in total. The molecule has 364 valence electrons. The van der Waals surface area contributed by atoms with E-state index in [0.717, 1.165) is 12.8 Å². The first-order valence-corrected chi connectivity index (χ1v) is 28.6. The molecule has 0 heterocycles. The van der Waals surface area contributed by atoms with Gasteiger partial charge in [0.05, 0.1) is 0 Å². The van der Waals surface area contributed by atoms with Gasteiger partial charge in [-0.05, 0) is 25.7 Å². The fourth-order valence-corrected chi connectivity index (χ4v) is 9.06. The van der Waals surface area contributed by atoms with Gasteiger partial charge in [0.25, 0.3) is 0 Å². The van der Waals surface area contributed by atoms with Gasteiger partial charge in [-0.25, -0.2) is 0 Å². The Balaban J connectivity index is -0.00000109. The van der Waals surface area contributed by atoms with Crippen LogP contribution in [-0.4, -0.2) is 0 Å². The topological polar surface area (TPSA) is 0 Å². The van der Waals surface area contributed by atoms with Gasteiger partial charge < -0.3 is 24.7 Å². The summed E-state index contributed by atoms with van der Waals surface area (Å²) in [5.74, 6) is 4.97. The predicted octanol–water partition coefficient (Wildman–Crippen LogP) is 22.3. The molecule has 61 heavy (non-hydrogen) atoms. The van der Waals surface area contributed by atoms with E-state index in [4.69, 9.17) is 12.8 Å². The van der Waals surface area contributed by atoms with Gasteiger partial charge in [0.1, 0.15) is 0 Å². The van der Waals surface area contributed by atoms with Crippen LogP contribution < -0.4 is 0 Å². The molecule has 1 heteroatoms. The minimum Gasteiger partial charge on any atom is -0.694 e. The smallest absolute Gasteiger partial charge is 0.694 e. The fraction of sp³-hybridized carbons (Fsp3) is 0.933. The summed E-state index contributed by atoms with van der Waals surface area (Å²) in [5.41, 5.74) is 0. The van der Waals surface area contributed by atoms with Crippen molar-refractivity contribution in [2.24, 2.45) is 0 Å². The summed E-state index contributed by atoms with van der Waals surface area (Å²) in [6, 6.07) is 0. The first-order chi connectivity index (χ1) is 29.8. The zero-order valence-electron chi connectivity index (χ0n) is 42.5. The fourth-order valence-electron chi connectivity index (χ4n) is 9.06.